The lowest BCUT2D eigenvalue weighted by Crippen LogP contribution is -2.22. The minimum atomic E-state index is 0.807. The van der Waals surface area contributed by atoms with Gasteiger partial charge in [0.05, 0.1) is 11.0 Å². The Balaban J connectivity index is 1.89. The molecule has 110 valence electrons. The smallest absolute Gasteiger partial charge is 0.109 e. The SMILES string of the molecule is CCc1nc2ccccc2n1CCNCCCC(C)C. The number of imidazole rings is 1. The third-order valence-electron chi connectivity index (χ3n) is 3.70. The molecule has 20 heavy (non-hydrogen) atoms. The molecule has 0 aliphatic rings. The van der Waals surface area contributed by atoms with Gasteiger partial charge < -0.3 is 9.88 Å². The first kappa shape index (κ1) is 15.0. The molecule has 2 rings (SSSR count). The van der Waals surface area contributed by atoms with Crippen LogP contribution in [0.2, 0.25) is 0 Å². The predicted octanol–water partition coefficient (Wildman–Crippen LogP) is 3.62. The van der Waals surface area contributed by atoms with E-state index in [1.807, 2.05) is 0 Å². The third-order valence-corrected chi connectivity index (χ3v) is 3.70. The molecule has 1 N–H and O–H groups in total. The van der Waals surface area contributed by atoms with Crippen molar-refractivity contribution in [2.24, 2.45) is 5.92 Å². The van der Waals surface area contributed by atoms with Crippen molar-refractivity contribution in [3.8, 4) is 0 Å². The van der Waals surface area contributed by atoms with Crippen LogP contribution in [0.5, 0.6) is 0 Å². The van der Waals surface area contributed by atoms with Gasteiger partial charge in [-0.2, -0.15) is 0 Å². The predicted molar refractivity (Wildman–Crippen MR) is 86.1 cm³/mol. The molecule has 0 bridgehead atoms. The van der Waals surface area contributed by atoms with Gasteiger partial charge in [-0.1, -0.05) is 32.9 Å². The van der Waals surface area contributed by atoms with Crippen molar-refractivity contribution < 1.29 is 0 Å². The average molecular weight is 273 g/mol. The van der Waals surface area contributed by atoms with Crippen LogP contribution in [-0.2, 0) is 13.0 Å². The van der Waals surface area contributed by atoms with E-state index in [1.54, 1.807) is 0 Å². The van der Waals surface area contributed by atoms with Crippen molar-refractivity contribution in [1.29, 1.82) is 0 Å². The second kappa shape index (κ2) is 7.44. The fraction of sp³-hybridized carbons (Fsp3) is 0.588. The van der Waals surface area contributed by atoms with Gasteiger partial charge in [0.1, 0.15) is 5.82 Å². The molecule has 0 radical (unpaired) electrons. The number of para-hydroxylation sites is 2. The van der Waals surface area contributed by atoms with Crippen LogP contribution in [0, 0.1) is 5.92 Å². The summed E-state index contributed by atoms with van der Waals surface area (Å²) in [5.41, 5.74) is 2.37. The molecule has 0 fully saturated rings. The van der Waals surface area contributed by atoms with Gasteiger partial charge in [-0.3, -0.25) is 0 Å². The highest BCUT2D eigenvalue weighted by molar-refractivity contribution is 5.75. The molecule has 0 spiro atoms. The fourth-order valence-electron chi connectivity index (χ4n) is 2.60. The van der Waals surface area contributed by atoms with Gasteiger partial charge in [0.25, 0.3) is 0 Å². The molecule has 0 saturated heterocycles. The van der Waals surface area contributed by atoms with Crippen molar-refractivity contribution in [2.75, 3.05) is 13.1 Å². The first-order chi connectivity index (χ1) is 9.72. The Morgan fingerprint density at radius 2 is 2.00 bits per heavy atom. The monoisotopic (exact) mass is 273 g/mol. The maximum atomic E-state index is 4.70. The number of benzene rings is 1. The number of hydrogen-bond donors (Lipinski definition) is 1. The van der Waals surface area contributed by atoms with Gasteiger partial charge in [0.15, 0.2) is 0 Å². The van der Waals surface area contributed by atoms with Gasteiger partial charge >= 0.3 is 0 Å². The number of aromatic nitrogens is 2. The summed E-state index contributed by atoms with van der Waals surface area (Å²) in [5, 5.41) is 3.55. The molecule has 2 aromatic rings. The minimum Gasteiger partial charge on any atom is -0.327 e. The molecule has 0 aliphatic carbocycles. The van der Waals surface area contributed by atoms with E-state index < -0.39 is 0 Å². The Hall–Kier alpha value is -1.35. The van der Waals surface area contributed by atoms with Crippen LogP contribution < -0.4 is 5.32 Å². The zero-order chi connectivity index (χ0) is 14.4. The van der Waals surface area contributed by atoms with Crippen LogP contribution in [0.1, 0.15) is 39.4 Å². The van der Waals surface area contributed by atoms with E-state index in [-0.39, 0.29) is 0 Å². The fourth-order valence-corrected chi connectivity index (χ4v) is 2.60. The molecule has 1 aromatic carbocycles. The molecule has 1 heterocycles. The molecule has 0 unspecified atom stereocenters. The van der Waals surface area contributed by atoms with E-state index in [2.05, 4.69) is 54.9 Å². The molecular weight excluding hydrogens is 246 g/mol. The van der Waals surface area contributed by atoms with Crippen molar-refractivity contribution in [3.05, 3.63) is 30.1 Å². The van der Waals surface area contributed by atoms with Gasteiger partial charge in [0.2, 0.25) is 0 Å². The van der Waals surface area contributed by atoms with Gasteiger partial charge in [-0.25, -0.2) is 4.98 Å². The summed E-state index contributed by atoms with van der Waals surface area (Å²) >= 11 is 0. The highest BCUT2D eigenvalue weighted by atomic mass is 15.1. The normalized spacial score (nSPS) is 11.6. The van der Waals surface area contributed by atoms with Crippen molar-refractivity contribution >= 4 is 11.0 Å². The lowest BCUT2D eigenvalue weighted by atomic mass is 10.1. The molecule has 0 atom stereocenters. The van der Waals surface area contributed by atoms with Gasteiger partial charge in [-0.15, -0.1) is 0 Å². The Bertz CT molecular complexity index is 528. The van der Waals surface area contributed by atoms with E-state index in [1.165, 1.54) is 24.2 Å². The maximum absolute atomic E-state index is 4.70. The van der Waals surface area contributed by atoms with Crippen molar-refractivity contribution in [1.82, 2.24) is 14.9 Å². The van der Waals surface area contributed by atoms with E-state index in [0.717, 1.165) is 37.5 Å². The zero-order valence-electron chi connectivity index (χ0n) is 13.0. The molecule has 1 aromatic heterocycles. The Kier molecular flexibility index (Phi) is 5.60. The highest BCUT2D eigenvalue weighted by Crippen LogP contribution is 2.15. The summed E-state index contributed by atoms with van der Waals surface area (Å²) in [6.45, 7) is 9.88. The largest absolute Gasteiger partial charge is 0.327 e. The molecule has 3 heteroatoms. The van der Waals surface area contributed by atoms with Crippen LogP contribution in [0.15, 0.2) is 24.3 Å². The third kappa shape index (κ3) is 3.83. The van der Waals surface area contributed by atoms with E-state index >= 15 is 0 Å². The maximum Gasteiger partial charge on any atom is 0.109 e. The van der Waals surface area contributed by atoms with E-state index in [9.17, 15) is 0 Å². The van der Waals surface area contributed by atoms with E-state index in [0.29, 0.717) is 0 Å². The average Bonchev–Trinajstić information content (AvgIpc) is 2.80. The summed E-state index contributed by atoms with van der Waals surface area (Å²) in [6, 6.07) is 8.42. The Morgan fingerprint density at radius 3 is 2.75 bits per heavy atom. The quantitative estimate of drug-likeness (QED) is 0.744. The van der Waals surface area contributed by atoms with E-state index in [4.69, 9.17) is 4.98 Å². The summed E-state index contributed by atoms with van der Waals surface area (Å²) < 4.78 is 2.35. The summed E-state index contributed by atoms with van der Waals surface area (Å²) in [6.07, 6.45) is 3.56. The number of hydrogen-bond acceptors (Lipinski definition) is 2. The van der Waals surface area contributed by atoms with Gasteiger partial charge in [-0.05, 0) is 37.4 Å². The first-order valence-corrected chi connectivity index (χ1v) is 7.87. The second-order valence-electron chi connectivity index (χ2n) is 5.81. The van der Waals surface area contributed by atoms with Crippen LogP contribution in [-0.4, -0.2) is 22.6 Å². The van der Waals surface area contributed by atoms with Crippen LogP contribution in [0.4, 0.5) is 0 Å². The number of fused-ring (bicyclic) bond motifs is 1. The summed E-state index contributed by atoms with van der Waals surface area (Å²) in [7, 11) is 0. The molecule has 3 nitrogen and oxygen atoms in total. The van der Waals surface area contributed by atoms with Crippen LogP contribution in [0.25, 0.3) is 11.0 Å². The Morgan fingerprint density at radius 1 is 1.20 bits per heavy atom. The summed E-state index contributed by atoms with van der Waals surface area (Å²) in [4.78, 5) is 4.70. The first-order valence-electron chi connectivity index (χ1n) is 7.87. The number of nitrogens with zero attached hydrogens (tertiary/aromatic N) is 2. The summed E-state index contributed by atoms with van der Waals surface area (Å²) in [5.74, 6) is 2.00. The van der Waals surface area contributed by atoms with Crippen molar-refractivity contribution in [3.63, 3.8) is 0 Å². The second-order valence-corrected chi connectivity index (χ2v) is 5.81. The minimum absolute atomic E-state index is 0.807. The van der Waals surface area contributed by atoms with Crippen LogP contribution >= 0.6 is 0 Å². The highest BCUT2D eigenvalue weighted by Gasteiger charge is 2.07. The molecule has 0 aliphatic heterocycles. The lowest BCUT2D eigenvalue weighted by molar-refractivity contribution is 0.514. The Labute approximate surface area is 122 Å². The number of nitrogens with one attached hydrogen (secondary N) is 1. The number of aryl methyl sites for hydroxylation is 1. The van der Waals surface area contributed by atoms with Crippen molar-refractivity contribution in [2.45, 2.75) is 46.6 Å². The molecular formula is C17H27N3. The topological polar surface area (TPSA) is 29.9 Å². The molecule has 0 saturated carbocycles. The molecule has 0 amide bonds. The zero-order valence-corrected chi connectivity index (χ0v) is 13.0. The van der Waals surface area contributed by atoms with Crippen LogP contribution in [0.3, 0.4) is 0 Å². The number of rotatable bonds is 8. The standard InChI is InChI=1S/C17H27N3/c1-4-17-19-15-9-5-6-10-16(15)20(17)13-12-18-11-7-8-14(2)3/h5-6,9-10,14,18H,4,7-8,11-13H2,1-3H3. The lowest BCUT2D eigenvalue weighted by Gasteiger charge is -2.10. The van der Waals surface area contributed by atoms with Gasteiger partial charge in [0, 0.05) is 19.5 Å².